The maximum atomic E-state index is 3.61. The Bertz CT molecular complexity index is 371. The van der Waals surface area contributed by atoms with Crippen molar-refractivity contribution in [2.24, 2.45) is 0 Å². The van der Waals surface area contributed by atoms with Gasteiger partial charge in [-0.05, 0) is 31.5 Å². The normalized spacial score (nSPS) is 18.8. The van der Waals surface area contributed by atoms with Gasteiger partial charge in [-0.15, -0.1) is 0 Å². The van der Waals surface area contributed by atoms with E-state index in [9.17, 15) is 0 Å². The van der Waals surface area contributed by atoms with Gasteiger partial charge in [0.15, 0.2) is 0 Å². The van der Waals surface area contributed by atoms with Crippen LogP contribution in [0.25, 0.3) is 0 Å². The molecular formula is C18H31N3. The van der Waals surface area contributed by atoms with E-state index in [4.69, 9.17) is 0 Å². The topological polar surface area (TPSA) is 18.5 Å². The molecule has 1 aliphatic heterocycles. The summed E-state index contributed by atoms with van der Waals surface area (Å²) in [5.74, 6) is 0. The first kappa shape index (κ1) is 16.5. The zero-order chi connectivity index (χ0) is 14.9. The van der Waals surface area contributed by atoms with Gasteiger partial charge < -0.3 is 10.2 Å². The molecule has 0 aromatic heterocycles. The van der Waals surface area contributed by atoms with Gasteiger partial charge in [-0.3, -0.25) is 4.90 Å². The Morgan fingerprint density at radius 2 is 1.71 bits per heavy atom. The minimum absolute atomic E-state index is 0.515. The molecule has 118 valence electrons. The van der Waals surface area contributed by atoms with Crippen molar-refractivity contribution < 1.29 is 0 Å². The molecule has 21 heavy (non-hydrogen) atoms. The molecule has 1 saturated heterocycles. The van der Waals surface area contributed by atoms with Crippen molar-refractivity contribution in [1.82, 2.24) is 15.1 Å². The van der Waals surface area contributed by atoms with E-state index >= 15 is 0 Å². The molecule has 0 saturated carbocycles. The molecular weight excluding hydrogens is 258 g/mol. The molecule has 3 heteroatoms. The number of hydrogen-bond donors (Lipinski definition) is 1. The highest BCUT2D eigenvalue weighted by atomic mass is 15.3. The van der Waals surface area contributed by atoms with Gasteiger partial charge in [0, 0.05) is 38.8 Å². The molecule has 1 atom stereocenters. The Kier molecular flexibility index (Phi) is 7.20. The number of benzene rings is 1. The molecule has 0 amide bonds. The second-order valence-electron chi connectivity index (χ2n) is 6.01. The van der Waals surface area contributed by atoms with Crippen LogP contribution in [0.5, 0.6) is 0 Å². The lowest BCUT2D eigenvalue weighted by molar-refractivity contribution is 0.0950. The molecule has 1 aromatic rings. The Morgan fingerprint density at radius 1 is 1.00 bits per heavy atom. The van der Waals surface area contributed by atoms with Gasteiger partial charge in [-0.2, -0.15) is 0 Å². The quantitative estimate of drug-likeness (QED) is 0.742. The molecule has 0 radical (unpaired) electrons. The fraction of sp³-hybridized carbons (Fsp3) is 0.667. The van der Waals surface area contributed by atoms with Crippen LogP contribution >= 0.6 is 0 Å². The summed E-state index contributed by atoms with van der Waals surface area (Å²) in [6.07, 6.45) is 2.46. The van der Waals surface area contributed by atoms with E-state index in [1.165, 1.54) is 51.1 Å². The standard InChI is InChI=1S/C18H31N3/c1-3-10-19-16-18(17-8-6-5-7-9-17)21-14-12-20(11-4-2)13-15-21/h5-9,18-19H,3-4,10-16H2,1-2H3. The number of piperazine rings is 1. The van der Waals surface area contributed by atoms with Gasteiger partial charge in [0.05, 0.1) is 0 Å². The molecule has 2 rings (SSSR count). The second-order valence-corrected chi connectivity index (χ2v) is 6.01. The summed E-state index contributed by atoms with van der Waals surface area (Å²) in [7, 11) is 0. The molecule has 1 unspecified atom stereocenters. The SMILES string of the molecule is CCCNCC(c1ccccc1)N1CCN(CCC)CC1. The number of nitrogens with one attached hydrogen (secondary N) is 1. The van der Waals surface area contributed by atoms with Crippen LogP contribution in [0.15, 0.2) is 30.3 Å². The Hall–Kier alpha value is -0.900. The Morgan fingerprint density at radius 3 is 2.33 bits per heavy atom. The smallest absolute Gasteiger partial charge is 0.0473 e. The van der Waals surface area contributed by atoms with Crippen molar-refractivity contribution in [2.75, 3.05) is 45.8 Å². The second kappa shape index (κ2) is 9.19. The van der Waals surface area contributed by atoms with Crippen molar-refractivity contribution in [1.29, 1.82) is 0 Å². The van der Waals surface area contributed by atoms with E-state index in [-0.39, 0.29) is 0 Å². The van der Waals surface area contributed by atoms with Crippen LogP contribution in [-0.2, 0) is 0 Å². The summed E-state index contributed by atoms with van der Waals surface area (Å²) in [4.78, 5) is 5.25. The van der Waals surface area contributed by atoms with Gasteiger partial charge in [-0.1, -0.05) is 44.2 Å². The summed E-state index contributed by atoms with van der Waals surface area (Å²) >= 11 is 0. The highest BCUT2D eigenvalue weighted by Gasteiger charge is 2.24. The van der Waals surface area contributed by atoms with Crippen LogP contribution in [0.4, 0.5) is 0 Å². The molecule has 1 heterocycles. The largest absolute Gasteiger partial charge is 0.315 e. The molecule has 1 N–H and O–H groups in total. The van der Waals surface area contributed by atoms with Crippen LogP contribution in [0.1, 0.15) is 38.3 Å². The predicted molar refractivity (Wildman–Crippen MR) is 90.6 cm³/mol. The summed E-state index contributed by atoms with van der Waals surface area (Å²) < 4.78 is 0. The van der Waals surface area contributed by atoms with Crippen LogP contribution in [-0.4, -0.2) is 55.6 Å². The van der Waals surface area contributed by atoms with Crippen molar-refractivity contribution in [2.45, 2.75) is 32.7 Å². The van der Waals surface area contributed by atoms with Gasteiger partial charge >= 0.3 is 0 Å². The third-order valence-electron chi connectivity index (χ3n) is 4.34. The third kappa shape index (κ3) is 5.10. The van der Waals surface area contributed by atoms with Crippen LogP contribution < -0.4 is 5.32 Å². The minimum Gasteiger partial charge on any atom is -0.315 e. The zero-order valence-corrected chi connectivity index (χ0v) is 13.7. The maximum absolute atomic E-state index is 3.61. The van der Waals surface area contributed by atoms with Crippen molar-refractivity contribution in [3.8, 4) is 0 Å². The lowest BCUT2D eigenvalue weighted by Gasteiger charge is -2.39. The van der Waals surface area contributed by atoms with Gasteiger partial charge in [0.1, 0.15) is 0 Å². The van der Waals surface area contributed by atoms with Gasteiger partial charge in [0.25, 0.3) is 0 Å². The van der Waals surface area contributed by atoms with Crippen molar-refractivity contribution in [3.63, 3.8) is 0 Å². The molecule has 0 spiro atoms. The molecule has 3 nitrogen and oxygen atoms in total. The molecule has 1 fully saturated rings. The average Bonchev–Trinajstić information content (AvgIpc) is 2.54. The number of nitrogens with zero attached hydrogens (tertiary/aromatic N) is 2. The third-order valence-corrected chi connectivity index (χ3v) is 4.34. The van der Waals surface area contributed by atoms with E-state index in [1.54, 1.807) is 0 Å². The van der Waals surface area contributed by atoms with E-state index in [0.717, 1.165) is 13.1 Å². The Labute approximate surface area is 130 Å². The van der Waals surface area contributed by atoms with Gasteiger partial charge in [0.2, 0.25) is 0 Å². The maximum Gasteiger partial charge on any atom is 0.0473 e. The van der Waals surface area contributed by atoms with E-state index in [0.29, 0.717) is 6.04 Å². The first-order valence-electron chi connectivity index (χ1n) is 8.57. The summed E-state index contributed by atoms with van der Waals surface area (Å²) in [5.41, 5.74) is 1.45. The van der Waals surface area contributed by atoms with Gasteiger partial charge in [-0.25, -0.2) is 0 Å². The van der Waals surface area contributed by atoms with Crippen molar-refractivity contribution in [3.05, 3.63) is 35.9 Å². The molecule has 0 aliphatic carbocycles. The number of rotatable bonds is 8. The predicted octanol–water partition coefficient (Wildman–Crippen LogP) is 2.75. The van der Waals surface area contributed by atoms with E-state index < -0.39 is 0 Å². The lowest BCUT2D eigenvalue weighted by atomic mass is 10.0. The fourth-order valence-electron chi connectivity index (χ4n) is 3.16. The summed E-state index contributed by atoms with van der Waals surface area (Å²) in [6, 6.07) is 11.5. The Balaban J connectivity index is 1.96. The monoisotopic (exact) mass is 289 g/mol. The lowest BCUT2D eigenvalue weighted by Crippen LogP contribution is -2.49. The van der Waals surface area contributed by atoms with E-state index in [2.05, 4.69) is 59.3 Å². The highest BCUT2D eigenvalue weighted by molar-refractivity contribution is 5.19. The van der Waals surface area contributed by atoms with Crippen molar-refractivity contribution >= 4 is 0 Å². The van der Waals surface area contributed by atoms with E-state index in [1.807, 2.05) is 0 Å². The zero-order valence-electron chi connectivity index (χ0n) is 13.7. The molecule has 1 aromatic carbocycles. The molecule has 1 aliphatic rings. The minimum atomic E-state index is 0.515. The number of hydrogen-bond acceptors (Lipinski definition) is 3. The summed E-state index contributed by atoms with van der Waals surface area (Å²) in [6.45, 7) is 12.7. The average molecular weight is 289 g/mol. The highest BCUT2D eigenvalue weighted by Crippen LogP contribution is 2.21. The fourth-order valence-corrected chi connectivity index (χ4v) is 3.16. The van der Waals surface area contributed by atoms with Crippen LogP contribution in [0, 0.1) is 0 Å². The first-order chi connectivity index (χ1) is 10.3. The molecule has 0 bridgehead atoms. The van der Waals surface area contributed by atoms with Crippen LogP contribution in [0.3, 0.4) is 0 Å². The van der Waals surface area contributed by atoms with Crippen LogP contribution in [0.2, 0.25) is 0 Å². The summed E-state index contributed by atoms with van der Waals surface area (Å²) in [5, 5.41) is 3.61. The first-order valence-corrected chi connectivity index (χ1v) is 8.57.